The van der Waals surface area contributed by atoms with E-state index in [1.807, 2.05) is 4.72 Å². The molecule has 2 aromatic rings. The fraction of sp³-hybridized carbons (Fsp3) is 0. The molecule has 0 saturated carbocycles. The van der Waals surface area contributed by atoms with Gasteiger partial charge < -0.3 is 0 Å². The van der Waals surface area contributed by atoms with Crippen molar-refractivity contribution >= 4 is 38.9 Å². The quantitative estimate of drug-likeness (QED) is 0.947. The van der Waals surface area contributed by atoms with Gasteiger partial charge in [0.25, 0.3) is 15.9 Å². The first-order valence-corrected chi connectivity index (χ1v) is 7.59. The summed E-state index contributed by atoms with van der Waals surface area (Å²) in [7, 11) is -3.89. The molecular weight excluding hydrogens is 294 g/mol. The van der Waals surface area contributed by atoms with E-state index in [1.54, 1.807) is 23.6 Å². The van der Waals surface area contributed by atoms with Crippen LogP contribution in [0.15, 0.2) is 46.7 Å². The summed E-state index contributed by atoms with van der Waals surface area (Å²) in [5.74, 6) is -0.648. The SMILES string of the molecule is O=C(NS(=O)(=O)c1cccc(Cl)c1)c1cccs1. The van der Waals surface area contributed by atoms with Gasteiger partial charge in [0.05, 0.1) is 9.77 Å². The number of rotatable bonds is 3. The number of sulfonamides is 1. The van der Waals surface area contributed by atoms with Gasteiger partial charge in [-0.25, -0.2) is 13.1 Å². The van der Waals surface area contributed by atoms with Gasteiger partial charge in [-0.1, -0.05) is 23.7 Å². The van der Waals surface area contributed by atoms with E-state index in [2.05, 4.69) is 0 Å². The normalized spacial score (nSPS) is 11.2. The van der Waals surface area contributed by atoms with Crippen LogP contribution in [0.4, 0.5) is 0 Å². The topological polar surface area (TPSA) is 63.2 Å². The zero-order chi connectivity index (χ0) is 13.2. The van der Waals surface area contributed by atoms with Crippen molar-refractivity contribution in [1.82, 2.24) is 4.72 Å². The summed E-state index contributed by atoms with van der Waals surface area (Å²) in [6, 6.07) is 8.94. The summed E-state index contributed by atoms with van der Waals surface area (Å²) < 4.78 is 25.8. The van der Waals surface area contributed by atoms with Crippen molar-refractivity contribution < 1.29 is 13.2 Å². The number of halogens is 1. The predicted molar refractivity (Wildman–Crippen MR) is 70.4 cm³/mol. The van der Waals surface area contributed by atoms with Crippen LogP contribution in [0.3, 0.4) is 0 Å². The molecule has 0 unspecified atom stereocenters. The first-order chi connectivity index (χ1) is 8.49. The molecule has 0 bridgehead atoms. The highest BCUT2D eigenvalue weighted by atomic mass is 35.5. The Morgan fingerprint density at radius 1 is 1.22 bits per heavy atom. The molecule has 1 amide bonds. The van der Waals surface area contributed by atoms with Crippen LogP contribution in [-0.2, 0) is 10.0 Å². The minimum Gasteiger partial charge on any atom is -0.267 e. The lowest BCUT2D eigenvalue weighted by Crippen LogP contribution is -2.29. The lowest BCUT2D eigenvalue weighted by molar-refractivity contribution is 0.0985. The first kappa shape index (κ1) is 13.1. The molecule has 2 rings (SSSR count). The second-order valence-electron chi connectivity index (χ2n) is 3.37. The number of carbonyl (C=O) groups excluding carboxylic acids is 1. The molecule has 4 nitrogen and oxygen atoms in total. The lowest BCUT2D eigenvalue weighted by Gasteiger charge is -2.05. The molecule has 0 saturated heterocycles. The molecule has 0 atom stereocenters. The Balaban J connectivity index is 2.25. The average molecular weight is 302 g/mol. The molecule has 18 heavy (non-hydrogen) atoms. The molecule has 7 heteroatoms. The van der Waals surface area contributed by atoms with Crippen molar-refractivity contribution in [3.05, 3.63) is 51.7 Å². The van der Waals surface area contributed by atoms with Crippen LogP contribution in [0.2, 0.25) is 5.02 Å². The van der Waals surface area contributed by atoms with E-state index < -0.39 is 15.9 Å². The van der Waals surface area contributed by atoms with Crippen LogP contribution in [0.5, 0.6) is 0 Å². The van der Waals surface area contributed by atoms with E-state index in [0.29, 0.717) is 9.90 Å². The number of thiophene rings is 1. The first-order valence-electron chi connectivity index (χ1n) is 4.85. The molecule has 0 fully saturated rings. The second-order valence-corrected chi connectivity index (χ2v) is 6.44. The lowest BCUT2D eigenvalue weighted by atomic mass is 10.4. The summed E-state index contributed by atoms with van der Waals surface area (Å²) >= 11 is 6.88. The Morgan fingerprint density at radius 2 is 2.00 bits per heavy atom. The Bertz CT molecular complexity index is 665. The minimum absolute atomic E-state index is 0.0418. The number of carbonyl (C=O) groups is 1. The van der Waals surface area contributed by atoms with Crippen LogP contribution >= 0.6 is 22.9 Å². The second kappa shape index (κ2) is 5.09. The minimum atomic E-state index is -3.89. The maximum Gasteiger partial charge on any atom is 0.275 e. The molecule has 0 spiro atoms. The van der Waals surface area contributed by atoms with Crippen molar-refractivity contribution in [2.24, 2.45) is 0 Å². The highest BCUT2D eigenvalue weighted by Gasteiger charge is 2.19. The summed E-state index contributed by atoms with van der Waals surface area (Å²) in [5.41, 5.74) is 0. The number of benzene rings is 1. The number of hydrogen-bond acceptors (Lipinski definition) is 4. The monoisotopic (exact) mass is 301 g/mol. The van der Waals surface area contributed by atoms with Crippen LogP contribution < -0.4 is 4.72 Å². The van der Waals surface area contributed by atoms with Crippen LogP contribution in [0, 0.1) is 0 Å². The summed E-state index contributed by atoms with van der Waals surface area (Å²) in [6.45, 7) is 0. The van der Waals surface area contributed by atoms with Crippen LogP contribution in [0.25, 0.3) is 0 Å². The Kier molecular flexibility index (Phi) is 3.70. The third-order valence-electron chi connectivity index (χ3n) is 2.08. The van der Waals surface area contributed by atoms with Gasteiger partial charge in [-0.05, 0) is 29.6 Å². The Labute approximate surface area is 113 Å². The smallest absolute Gasteiger partial charge is 0.267 e. The highest BCUT2D eigenvalue weighted by molar-refractivity contribution is 7.90. The maximum atomic E-state index is 11.9. The molecule has 0 aliphatic carbocycles. The highest BCUT2D eigenvalue weighted by Crippen LogP contribution is 2.16. The van der Waals surface area contributed by atoms with Crippen molar-refractivity contribution in [3.63, 3.8) is 0 Å². The predicted octanol–water partition coefficient (Wildman–Crippen LogP) is 2.52. The molecule has 1 aromatic heterocycles. The van der Waals surface area contributed by atoms with E-state index in [4.69, 9.17) is 11.6 Å². The fourth-order valence-corrected chi connectivity index (χ4v) is 3.22. The molecule has 1 aromatic carbocycles. The maximum absolute atomic E-state index is 11.9. The van der Waals surface area contributed by atoms with Gasteiger partial charge >= 0.3 is 0 Å². The van der Waals surface area contributed by atoms with Gasteiger partial charge in [-0.2, -0.15) is 0 Å². The standard InChI is InChI=1S/C11H8ClNO3S2/c12-8-3-1-4-9(7-8)18(15,16)13-11(14)10-5-2-6-17-10/h1-7H,(H,13,14). The molecule has 0 aliphatic heterocycles. The van der Waals surface area contributed by atoms with E-state index in [9.17, 15) is 13.2 Å². The molecule has 0 radical (unpaired) electrons. The fourth-order valence-electron chi connectivity index (χ4n) is 1.27. The molecule has 1 heterocycles. The van der Waals surface area contributed by atoms with Gasteiger partial charge in [-0.15, -0.1) is 11.3 Å². The van der Waals surface area contributed by atoms with E-state index in [0.717, 1.165) is 0 Å². The zero-order valence-electron chi connectivity index (χ0n) is 8.96. The van der Waals surface area contributed by atoms with Gasteiger partial charge in [0.1, 0.15) is 0 Å². The summed E-state index contributed by atoms with van der Waals surface area (Å²) in [6.07, 6.45) is 0. The third-order valence-corrected chi connectivity index (χ3v) is 4.51. The zero-order valence-corrected chi connectivity index (χ0v) is 11.3. The summed E-state index contributed by atoms with van der Waals surface area (Å²) in [4.78, 5) is 12.0. The van der Waals surface area contributed by atoms with Gasteiger partial charge in [-0.3, -0.25) is 4.79 Å². The molecular formula is C11H8ClNO3S2. The van der Waals surface area contributed by atoms with E-state index >= 15 is 0 Å². The van der Waals surface area contributed by atoms with Crippen LogP contribution in [0.1, 0.15) is 9.67 Å². The number of nitrogens with one attached hydrogen (secondary N) is 1. The van der Waals surface area contributed by atoms with Crippen molar-refractivity contribution in [2.45, 2.75) is 4.90 Å². The Hall–Kier alpha value is -1.37. The third kappa shape index (κ3) is 2.90. The van der Waals surface area contributed by atoms with Crippen molar-refractivity contribution in [1.29, 1.82) is 0 Å². The van der Waals surface area contributed by atoms with Gasteiger partial charge in [0.2, 0.25) is 0 Å². The van der Waals surface area contributed by atoms with Gasteiger partial charge in [0.15, 0.2) is 0 Å². The van der Waals surface area contributed by atoms with Crippen molar-refractivity contribution in [2.75, 3.05) is 0 Å². The average Bonchev–Trinajstić information content (AvgIpc) is 2.82. The molecule has 94 valence electrons. The Morgan fingerprint density at radius 3 is 2.61 bits per heavy atom. The number of amides is 1. The largest absolute Gasteiger partial charge is 0.275 e. The number of hydrogen-bond donors (Lipinski definition) is 1. The van der Waals surface area contributed by atoms with Crippen LogP contribution in [-0.4, -0.2) is 14.3 Å². The molecule has 0 aliphatic rings. The summed E-state index contributed by atoms with van der Waals surface area (Å²) in [5, 5.41) is 1.99. The van der Waals surface area contributed by atoms with E-state index in [-0.39, 0.29) is 4.90 Å². The molecule has 1 N–H and O–H groups in total. The van der Waals surface area contributed by atoms with E-state index in [1.165, 1.54) is 29.5 Å². The van der Waals surface area contributed by atoms with Crippen molar-refractivity contribution in [3.8, 4) is 0 Å². The van der Waals surface area contributed by atoms with Gasteiger partial charge in [0, 0.05) is 5.02 Å².